The maximum Gasteiger partial charge on any atom is 0.586 e. The topological polar surface area (TPSA) is 56.6 Å². The molecule has 1 amide bonds. The second-order valence-corrected chi connectivity index (χ2v) is 6.95. The molecular weight excluding hydrogens is 368 g/mol. The van der Waals surface area contributed by atoms with E-state index >= 15 is 0 Å². The number of rotatable bonds is 4. The van der Waals surface area contributed by atoms with Gasteiger partial charge in [0.05, 0.1) is 11.2 Å². The highest BCUT2D eigenvalue weighted by molar-refractivity contribution is 5.85. The number of benzene rings is 1. The Hall–Kier alpha value is -3.16. The highest BCUT2D eigenvalue weighted by Gasteiger charge is 2.44. The van der Waals surface area contributed by atoms with Crippen molar-refractivity contribution >= 4 is 16.8 Å². The van der Waals surface area contributed by atoms with Crippen molar-refractivity contribution in [2.24, 2.45) is 0 Å². The number of likely N-dealkylation sites (N-methyl/N-ethyl adjacent to an activating group) is 1. The monoisotopic (exact) mass is 387 g/mol. The largest absolute Gasteiger partial charge is 0.586 e. The van der Waals surface area contributed by atoms with Crippen LogP contribution < -0.4 is 9.47 Å². The van der Waals surface area contributed by atoms with Gasteiger partial charge in [-0.3, -0.25) is 9.78 Å². The molecule has 0 spiro atoms. The smallest absolute Gasteiger partial charge is 0.395 e. The number of pyridine rings is 1. The summed E-state index contributed by atoms with van der Waals surface area (Å²) >= 11 is 0. The average molecular weight is 387 g/mol. The van der Waals surface area contributed by atoms with Crippen LogP contribution in [0.5, 0.6) is 11.5 Å². The molecule has 0 radical (unpaired) electrons. The number of aromatic nitrogens is 2. The minimum atomic E-state index is -3.67. The van der Waals surface area contributed by atoms with Crippen LogP contribution in [0.4, 0.5) is 8.78 Å². The molecule has 3 aromatic rings. The number of amides is 1. The molecule has 1 aromatic carbocycles. The average Bonchev–Trinajstić information content (AvgIpc) is 3.18. The summed E-state index contributed by atoms with van der Waals surface area (Å²) in [5.41, 5.74) is 2.98. The first-order chi connectivity index (χ1) is 13.2. The minimum Gasteiger partial charge on any atom is -0.395 e. The molecule has 28 heavy (non-hydrogen) atoms. The number of hydrogen-bond acceptors (Lipinski definition) is 4. The van der Waals surface area contributed by atoms with Gasteiger partial charge in [-0.1, -0.05) is 6.07 Å². The van der Waals surface area contributed by atoms with Crippen LogP contribution in [0, 0.1) is 6.92 Å². The molecule has 4 rings (SSSR count). The summed E-state index contributed by atoms with van der Waals surface area (Å²) < 4.78 is 38.2. The van der Waals surface area contributed by atoms with Gasteiger partial charge in [0.15, 0.2) is 11.5 Å². The van der Waals surface area contributed by atoms with Gasteiger partial charge in [-0.15, -0.1) is 8.78 Å². The number of carbonyl (C=O) groups excluding carboxylic acids is 1. The van der Waals surface area contributed by atoms with Crippen LogP contribution in [0.1, 0.15) is 16.8 Å². The number of alkyl halides is 2. The molecule has 3 heterocycles. The SMILES string of the molecule is Cc1ccc2c(c1Cc1nccc3c1ccn3CC(=O)N(C)C)OC(F)(F)O2. The molecule has 6 nitrogen and oxygen atoms in total. The zero-order valence-corrected chi connectivity index (χ0v) is 15.7. The van der Waals surface area contributed by atoms with E-state index in [1.54, 1.807) is 26.4 Å². The molecule has 1 aliphatic rings. The molecule has 0 aliphatic carbocycles. The molecule has 0 saturated carbocycles. The number of aryl methyl sites for hydroxylation is 1. The van der Waals surface area contributed by atoms with Gasteiger partial charge in [-0.05, 0) is 30.7 Å². The minimum absolute atomic E-state index is 0.0203. The fourth-order valence-electron chi connectivity index (χ4n) is 3.30. The molecule has 0 saturated heterocycles. The molecule has 0 unspecified atom stereocenters. The summed E-state index contributed by atoms with van der Waals surface area (Å²) in [5, 5.41) is 0.858. The van der Waals surface area contributed by atoms with E-state index in [0.717, 1.165) is 16.5 Å². The summed E-state index contributed by atoms with van der Waals surface area (Å²) in [6, 6.07) is 6.91. The molecule has 0 atom stereocenters. The van der Waals surface area contributed by atoms with Crippen LogP contribution >= 0.6 is 0 Å². The standard InChI is InChI=1S/C20H19F2N3O3/c1-12-4-5-17-19(28-20(21,22)27-17)14(12)10-15-13-7-9-25(11-18(26)24(2)3)16(13)6-8-23-15/h4-9H,10-11H2,1-3H3. The lowest BCUT2D eigenvalue weighted by atomic mass is 10.0. The Morgan fingerprint density at radius 2 is 2.00 bits per heavy atom. The van der Waals surface area contributed by atoms with E-state index in [1.165, 1.54) is 11.0 Å². The molecule has 146 valence electrons. The van der Waals surface area contributed by atoms with Crippen molar-refractivity contribution in [2.45, 2.75) is 26.2 Å². The van der Waals surface area contributed by atoms with Gasteiger partial charge in [0.2, 0.25) is 5.91 Å². The Morgan fingerprint density at radius 1 is 1.21 bits per heavy atom. The summed E-state index contributed by atoms with van der Waals surface area (Å²) in [6.45, 7) is 2.04. The molecule has 0 bridgehead atoms. The van der Waals surface area contributed by atoms with Crippen LogP contribution in [0.15, 0.2) is 36.7 Å². The number of halogens is 2. The van der Waals surface area contributed by atoms with Crippen molar-refractivity contribution in [3.8, 4) is 11.5 Å². The summed E-state index contributed by atoms with van der Waals surface area (Å²) in [6.07, 6.45) is 0.115. The number of fused-ring (bicyclic) bond motifs is 2. The van der Waals surface area contributed by atoms with Crippen LogP contribution in [0.2, 0.25) is 0 Å². The third kappa shape index (κ3) is 3.15. The van der Waals surface area contributed by atoms with Crippen molar-refractivity contribution in [3.63, 3.8) is 0 Å². The van der Waals surface area contributed by atoms with Crippen molar-refractivity contribution in [1.29, 1.82) is 0 Å². The molecule has 8 heteroatoms. The maximum absolute atomic E-state index is 13.5. The van der Waals surface area contributed by atoms with E-state index in [0.29, 0.717) is 17.7 Å². The van der Waals surface area contributed by atoms with Gasteiger partial charge in [0, 0.05) is 43.9 Å². The predicted molar refractivity (Wildman–Crippen MR) is 98.6 cm³/mol. The van der Waals surface area contributed by atoms with Crippen molar-refractivity contribution in [2.75, 3.05) is 14.1 Å². The van der Waals surface area contributed by atoms with Gasteiger partial charge in [-0.25, -0.2) is 0 Å². The van der Waals surface area contributed by atoms with Gasteiger partial charge in [-0.2, -0.15) is 0 Å². The van der Waals surface area contributed by atoms with Gasteiger partial charge in [0.25, 0.3) is 0 Å². The van der Waals surface area contributed by atoms with E-state index in [4.69, 9.17) is 4.74 Å². The Balaban J connectivity index is 1.72. The third-order valence-electron chi connectivity index (χ3n) is 4.84. The highest BCUT2D eigenvalue weighted by atomic mass is 19.3. The van der Waals surface area contributed by atoms with E-state index in [9.17, 15) is 13.6 Å². The van der Waals surface area contributed by atoms with Crippen molar-refractivity contribution < 1.29 is 23.0 Å². The van der Waals surface area contributed by atoms with E-state index in [2.05, 4.69) is 9.72 Å². The van der Waals surface area contributed by atoms with Crippen LogP contribution in [0.25, 0.3) is 10.9 Å². The van der Waals surface area contributed by atoms with Crippen molar-refractivity contribution in [1.82, 2.24) is 14.5 Å². The lowest BCUT2D eigenvalue weighted by Crippen LogP contribution is -2.26. The van der Waals surface area contributed by atoms with Crippen LogP contribution in [0.3, 0.4) is 0 Å². The van der Waals surface area contributed by atoms with E-state index in [1.807, 2.05) is 29.8 Å². The number of nitrogens with zero attached hydrogens (tertiary/aromatic N) is 3. The molecule has 2 aromatic heterocycles. The van der Waals surface area contributed by atoms with E-state index < -0.39 is 6.29 Å². The van der Waals surface area contributed by atoms with E-state index in [-0.39, 0.29) is 24.0 Å². The Kier molecular flexibility index (Phi) is 4.21. The molecule has 1 aliphatic heterocycles. The molecule has 0 fully saturated rings. The molecular formula is C20H19F2N3O3. The van der Waals surface area contributed by atoms with Crippen LogP contribution in [-0.4, -0.2) is 40.7 Å². The van der Waals surface area contributed by atoms with Gasteiger partial charge < -0.3 is 18.9 Å². The lowest BCUT2D eigenvalue weighted by molar-refractivity contribution is -0.286. The molecule has 0 N–H and O–H groups in total. The number of hydrogen-bond donors (Lipinski definition) is 0. The summed E-state index contributed by atoms with van der Waals surface area (Å²) in [5.74, 6) is 0.0401. The fourth-order valence-corrected chi connectivity index (χ4v) is 3.30. The predicted octanol–water partition coefficient (Wildman–Crippen LogP) is 3.35. The van der Waals surface area contributed by atoms with Gasteiger partial charge in [0.1, 0.15) is 6.54 Å². The highest BCUT2D eigenvalue weighted by Crippen LogP contribution is 2.45. The lowest BCUT2D eigenvalue weighted by Gasteiger charge is -2.12. The Bertz CT molecular complexity index is 1080. The fraction of sp³-hybridized carbons (Fsp3) is 0.300. The zero-order valence-electron chi connectivity index (χ0n) is 15.7. The second-order valence-electron chi connectivity index (χ2n) is 6.95. The first kappa shape index (κ1) is 18.2. The Labute approximate surface area is 160 Å². The van der Waals surface area contributed by atoms with Gasteiger partial charge >= 0.3 is 6.29 Å². The van der Waals surface area contributed by atoms with Crippen LogP contribution in [-0.2, 0) is 17.8 Å². The Morgan fingerprint density at radius 3 is 2.75 bits per heavy atom. The second kappa shape index (κ2) is 6.47. The maximum atomic E-state index is 13.5. The number of carbonyl (C=O) groups is 1. The first-order valence-electron chi connectivity index (χ1n) is 8.76. The first-order valence-corrected chi connectivity index (χ1v) is 8.76. The third-order valence-corrected chi connectivity index (χ3v) is 4.84. The normalized spacial score (nSPS) is 14.5. The van der Waals surface area contributed by atoms with Crippen molar-refractivity contribution in [3.05, 3.63) is 53.5 Å². The quantitative estimate of drug-likeness (QED) is 0.689. The summed E-state index contributed by atoms with van der Waals surface area (Å²) in [4.78, 5) is 18.0. The summed E-state index contributed by atoms with van der Waals surface area (Å²) in [7, 11) is 3.41. The zero-order chi connectivity index (χ0) is 20.1. The number of ether oxygens (including phenoxy) is 2.